The third-order valence-electron chi connectivity index (χ3n) is 3.18. The Morgan fingerprint density at radius 2 is 1.74 bits per heavy atom. The number of Topliss-reactive ketones (excluding diaryl/α,β-unsaturated/α-hetero) is 1. The van der Waals surface area contributed by atoms with Crippen molar-refractivity contribution in [2.24, 2.45) is 0 Å². The van der Waals surface area contributed by atoms with Crippen molar-refractivity contribution in [2.75, 3.05) is 6.61 Å². The van der Waals surface area contributed by atoms with Gasteiger partial charge in [-0.15, -0.1) is 0 Å². The average Bonchev–Trinajstić information content (AvgIpc) is 2.50. The van der Waals surface area contributed by atoms with Gasteiger partial charge in [0.2, 0.25) is 0 Å². The van der Waals surface area contributed by atoms with Gasteiger partial charge in [-0.1, -0.05) is 27.6 Å². The predicted octanol–water partition coefficient (Wildman–Crippen LogP) is 4.58. The van der Waals surface area contributed by atoms with Gasteiger partial charge in [-0.3, -0.25) is 4.79 Å². The number of hydrogen-bond donors (Lipinski definition) is 0. The molecular weight excluding hydrogens is 360 g/mol. The number of esters is 1. The Morgan fingerprint density at radius 1 is 1.04 bits per heavy atom. The summed E-state index contributed by atoms with van der Waals surface area (Å²) in [6.07, 6.45) is 0. The number of rotatable bonds is 5. The highest BCUT2D eigenvalue weighted by atomic mass is 79.9. The summed E-state index contributed by atoms with van der Waals surface area (Å²) in [5.74, 6) is -0.0374. The molecule has 0 radical (unpaired) electrons. The van der Waals surface area contributed by atoms with E-state index in [0.29, 0.717) is 23.5 Å². The van der Waals surface area contributed by atoms with Crippen LogP contribution in [0.1, 0.15) is 40.1 Å². The van der Waals surface area contributed by atoms with Gasteiger partial charge in [-0.2, -0.15) is 0 Å². The Bertz CT molecular complexity index is 753. The summed E-state index contributed by atoms with van der Waals surface area (Å²) in [7, 11) is 0. The van der Waals surface area contributed by atoms with Gasteiger partial charge in [0.05, 0.1) is 12.2 Å². The van der Waals surface area contributed by atoms with Crippen molar-refractivity contribution in [2.45, 2.75) is 20.8 Å². The summed E-state index contributed by atoms with van der Waals surface area (Å²) < 4.78 is 11.6. The molecule has 0 N–H and O–H groups in total. The van der Waals surface area contributed by atoms with Crippen LogP contribution < -0.4 is 9.47 Å². The van der Waals surface area contributed by atoms with Gasteiger partial charge in [-0.25, -0.2) is 4.79 Å². The third-order valence-corrected chi connectivity index (χ3v) is 3.67. The number of ether oxygens (including phenoxy) is 2. The van der Waals surface area contributed by atoms with Crippen molar-refractivity contribution >= 4 is 27.7 Å². The minimum Gasteiger partial charge on any atom is -0.493 e. The number of aryl methyl sites for hydroxylation is 1. The van der Waals surface area contributed by atoms with Gasteiger partial charge < -0.3 is 9.47 Å². The fourth-order valence-corrected chi connectivity index (χ4v) is 2.47. The average molecular weight is 377 g/mol. The predicted molar refractivity (Wildman–Crippen MR) is 91.5 cm³/mol. The van der Waals surface area contributed by atoms with Crippen molar-refractivity contribution in [1.82, 2.24) is 0 Å². The molecule has 0 spiro atoms. The van der Waals surface area contributed by atoms with E-state index in [0.717, 1.165) is 10.0 Å². The molecule has 0 fully saturated rings. The topological polar surface area (TPSA) is 52.6 Å². The van der Waals surface area contributed by atoms with Gasteiger partial charge in [0.25, 0.3) is 0 Å². The minimum absolute atomic E-state index is 0.157. The van der Waals surface area contributed by atoms with Crippen molar-refractivity contribution < 1.29 is 19.1 Å². The van der Waals surface area contributed by atoms with Crippen molar-refractivity contribution in [3.05, 3.63) is 57.6 Å². The Kier molecular flexibility index (Phi) is 5.55. The number of carbonyl (C=O) groups excluding carboxylic acids is 2. The van der Waals surface area contributed by atoms with E-state index < -0.39 is 5.97 Å². The zero-order valence-electron chi connectivity index (χ0n) is 13.2. The van der Waals surface area contributed by atoms with Crippen molar-refractivity contribution in [1.29, 1.82) is 0 Å². The maximum Gasteiger partial charge on any atom is 0.347 e. The van der Waals surface area contributed by atoms with E-state index in [-0.39, 0.29) is 11.5 Å². The molecule has 0 bridgehead atoms. The number of benzene rings is 2. The number of carbonyl (C=O) groups is 2. The van der Waals surface area contributed by atoms with Crippen LogP contribution in [0.5, 0.6) is 11.5 Å². The largest absolute Gasteiger partial charge is 0.493 e. The molecule has 5 heteroatoms. The first-order chi connectivity index (χ1) is 10.9. The third kappa shape index (κ3) is 4.20. The summed E-state index contributed by atoms with van der Waals surface area (Å²) in [5.41, 5.74) is 1.61. The van der Waals surface area contributed by atoms with Crippen LogP contribution in [0.4, 0.5) is 0 Å². The van der Waals surface area contributed by atoms with E-state index in [1.807, 2.05) is 13.8 Å². The first-order valence-electron chi connectivity index (χ1n) is 7.18. The second-order valence-electron chi connectivity index (χ2n) is 5.02. The monoisotopic (exact) mass is 376 g/mol. The maximum atomic E-state index is 12.5. The molecule has 0 unspecified atom stereocenters. The SMILES string of the molecule is CCOc1ccc(Br)cc1C(=O)Oc1ccc(C)cc1C(C)=O. The first-order valence-corrected chi connectivity index (χ1v) is 7.97. The van der Waals surface area contributed by atoms with Crippen LogP contribution in [0.2, 0.25) is 0 Å². The van der Waals surface area contributed by atoms with E-state index in [1.165, 1.54) is 6.92 Å². The molecule has 23 heavy (non-hydrogen) atoms. The number of halogens is 1. The van der Waals surface area contributed by atoms with Gasteiger partial charge >= 0.3 is 5.97 Å². The first kappa shape index (κ1) is 17.2. The summed E-state index contributed by atoms with van der Waals surface area (Å²) in [5, 5.41) is 0. The molecule has 0 saturated carbocycles. The van der Waals surface area contributed by atoms with Crippen molar-refractivity contribution in [3.63, 3.8) is 0 Å². The minimum atomic E-state index is -0.568. The summed E-state index contributed by atoms with van der Waals surface area (Å²) >= 11 is 3.33. The molecule has 0 heterocycles. The van der Waals surface area contributed by atoms with Gasteiger partial charge in [0.1, 0.15) is 17.1 Å². The Balaban J connectivity index is 2.37. The van der Waals surface area contributed by atoms with Gasteiger partial charge in [0.15, 0.2) is 5.78 Å². The number of ketones is 1. The van der Waals surface area contributed by atoms with Crippen LogP contribution >= 0.6 is 15.9 Å². The van der Waals surface area contributed by atoms with Gasteiger partial charge in [-0.05, 0) is 51.1 Å². The van der Waals surface area contributed by atoms with Crippen LogP contribution in [0, 0.1) is 6.92 Å². The molecule has 0 aromatic heterocycles. The summed E-state index contributed by atoms with van der Waals surface area (Å²) in [6.45, 7) is 5.59. The summed E-state index contributed by atoms with van der Waals surface area (Å²) in [6, 6.07) is 10.2. The molecule has 4 nitrogen and oxygen atoms in total. The standard InChI is InChI=1S/C18H17BrO4/c1-4-22-16-8-6-13(19)10-15(16)18(21)23-17-7-5-11(2)9-14(17)12(3)20/h5-10H,4H2,1-3H3. The van der Waals surface area contributed by atoms with Crippen LogP contribution in [0.3, 0.4) is 0 Å². The molecule has 0 amide bonds. The lowest BCUT2D eigenvalue weighted by Gasteiger charge is -2.12. The zero-order valence-corrected chi connectivity index (χ0v) is 14.8. The molecule has 2 rings (SSSR count). The van der Waals surface area contributed by atoms with E-state index >= 15 is 0 Å². The second kappa shape index (κ2) is 7.42. The van der Waals surface area contributed by atoms with Crippen molar-refractivity contribution in [3.8, 4) is 11.5 Å². The van der Waals surface area contributed by atoms with Gasteiger partial charge in [0, 0.05) is 4.47 Å². The molecule has 0 atom stereocenters. The normalized spacial score (nSPS) is 10.3. The molecule has 0 aliphatic heterocycles. The highest BCUT2D eigenvalue weighted by Gasteiger charge is 2.18. The Hall–Kier alpha value is -2.14. The molecule has 120 valence electrons. The molecule has 0 aliphatic rings. The lowest BCUT2D eigenvalue weighted by atomic mass is 10.1. The van der Waals surface area contributed by atoms with E-state index in [9.17, 15) is 9.59 Å². The zero-order chi connectivity index (χ0) is 17.0. The highest BCUT2D eigenvalue weighted by molar-refractivity contribution is 9.10. The van der Waals surface area contributed by atoms with Crippen LogP contribution in [-0.4, -0.2) is 18.4 Å². The van der Waals surface area contributed by atoms with Crippen LogP contribution in [-0.2, 0) is 0 Å². The van der Waals surface area contributed by atoms with Crippen LogP contribution in [0.15, 0.2) is 40.9 Å². The fourth-order valence-electron chi connectivity index (χ4n) is 2.11. The van der Waals surface area contributed by atoms with E-state index in [1.54, 1.807) is 36.4 Å². The number of hydrogen-bond acceptors (Lipinski definition) is 4. The Morgan fingerprint density at radius 3 is 2.39 bits per heavy atom. The Labute approximate surface area is 143 Å². The molecule has 2 aromatic rings. The van der Waals surface area contributed by atoms with E-state index in [2.05, 4.69) is 15.9 Å². The highest BCUT2D eigenvalue weighted by Crippen LogP contribution is 2.27. The second-order valence-corrected chi connectivity index (χ2v) is 5.93. The fraction of sp³-hybridized carbons (Fsp3) is 0.222. The molecule has 0 aliphatic carbocycles. The van der Waals surface area contributed by atoms with E-state index in [4.69, 9.17) is 9.47 Å². The smallest absolute Gasteiger partial charge is 0.347 e. The summed E-state index contributed by atoms with van der Waals surface area (Å²) in [4.78, 5) is 24.2. The quantitative estimate of drug-likeness (QED) is 0.435. The lowest BCUT2D eigenvalue weighted by molar-refractivity contribution is 0.0728. The molecule has 0 saturated heterocycles. The maximum absolute atomic E-state index is 12.5. The van der Waals surface area contributed by atoms with Crippen LogP contribution in [0.25, 0.3) is 0 Å². The molecule has 2 aromatic carbocycles. The molecular formula is C18H17BrO4. The lowest BCUT2D eigenvalue weighted by Crippen LogP contribution is -2.13.